The number of aromatic carboxylic acids is 1. The predicted octanol–water partition coefficient (Wildman–Crippen LogP) is 2.13. The number of nitrogens with zero attached hydrogens (tertiary/aromatic N) is 1. The highest BCUT2D eigenvalue weighted by molar-refractivity contribution is 5.86. The van der Waals surface area contributed by atoms with E-state index in [2.05, 4.69) is 10.3 Å². The van der Waals surface area contributed by atoms with Crippen molar-refractivity contribution in [2.75, 3.05) is 5.32 Å². The van der Waals surface area contributed by atoms with Gasteiger partial charge in [0.2, 0.25) is 0 Å². The van der Waals surface area contributed by atoms with Gasteiger partial charge in [0.1, 0.15) is 5.69 Å². The second-order valence-electron chi connectivity index (χ2n) is 3.86. The van der Waals surface area contributed by atoms with Crippen LogP contribution in [-0.4, -0.2) is 22.1 Å². The fraction of sp³-hybridized carbons (Fsp3) is 0.455. The van der Waals surface area contributed by atoms with Crippen LogP contribution in [0.4, 0.5) is 5.69 Å². The van der Waals surface area contributed by atoms with Gasteiger partial charge in [0.25, 0.3) is 0 Å². The van der Waals surface area contributed by atoms with Crippen molar-refractivity contribution >= 4 is 11.7 Å². The Kier molecular flexibility index (Phi) is 2.85. The zero-order valence-corrected chi connectivity index (χ0v) is 8.44. The molecule has 4 heteroatoms. The summed E-state index contributed by atoms with van der Waals surface area (Å²) in [4.78, 5) is 14.5. The summed E-state index contributed by atoms with van der Waals surface area (Å²) in [5.74, 6) is -0.981. The Morgan fingerprint density at radius 1 is 1.47 bits per heavy atom. The van der Waals surface area contributed by atoms with Crippen molar-refractivity contribution in [2.45, 2.75) is 31.7 Å². The number of hydrogen-bond acceptors (Lipinski definition) is 3. The van der Waals surface area contributed by atoms with Crippen LogP contribution in [0.25, 0.3) is 0 Å². The lowest BCUT2D eigenvalue weighted by Crippen LogP contribution is -2.15. The third-order valence-electron chi connectivity index (χ3n) is 2.71. The molecule has 1 aliphatic carbocycles. The molecule has 0 aliphatic heterocycles. The van der Waals surface area contributed by atoms with Gasteiger partial charge in [-0.1, -0.05) is 12.8 Å². The quantitative estimate of drug-likeness (QED) is 0.795. The maximum absolute atomic E-state index is 10.7. The minimum atomic E-state index is -0.981. The zero-order chi connectivity index (χ0) is 10.7. The van der Waals surface area contributed by atoms with Crippen LogP contribution in [0.3, 0.4) is 0 Å². The van der Waals surface area contributed by atoms with E-state index in [-0.39, 0.29) is 5.69 Å². The molecule has 1 heterocycles. The number of aromatic nitrogens is 1. The molecule has 2 N–H and O–H groups in total. The lowest BCUT2D eigenvalue weighted by molar-refractivity contribution is 0.0690. The predicted molar refractivity (Wildman–Crippen MR) is 57.1 cm³/mol. The standard InChI is InChI=1S/C11H14N2O2/c14-11(15)10-7-9(5-6-12-10)13-8-3-1-2-4-8/h5-8H,1-4H2,(H,12,13)(H,14,15). The van der Waals surface area contributed by atoms with Gasteiger partial charge in [0, 0.05) is 17.9 Å². The van der Waals surface area contributed by atoms with Gasteiger partial charge < -0.3 is 10.4 Å². The Morgan fingerprint density at radius 2 is 2.20 bits per heavy atom. The molecule has 1 aromatic rings. The molecular formula is C11H14N2O2. The SMILES string of the molecule is O=C(O)c1cc(NC2CCCC2)ccn1. The normalized spacial score (nSPS) is 16.5. The summed E-state index contributed by atoms with van der Waals surface area (Å²) in [6.45, 7) is 0. The molecule has 1 aromatic heterocycles. The first-order valence-electron chi connectivity index (χ1n) is 5.21. The summed E-state index contributed by atoms with van der Waals surface area (Å²) < 4.78 is 0. The topological polar surface area (TPSA) is 62.2 Å². The highest BCUT2D eigenvalue weighted by Crippen LogP contribution is 2.22. The number of carbonyl (C=O) groups is 1. The monoisotopic (exact) mass is 206 g/mol. The van der Waals surface area contributed by atoms with Crippen LogP contribution >= 0.6 is 0 Å². The average Bonchev–Trinajstić information content (AvgIpc) is 2.71. The molecule has 2 rings (SSSR count). The third kappa shape index (κ3) is 2.46. The van der Waals surface area contributed by atoms with Gasteiger partial charge in [-0.15, -0.1) is 0 Å². The molecule has 4 nitrogen and oxygen atoms in total. The van der Waals surface area contributed by atoms with Gasteiger partial charge in [-0.25, -0.2) is 9.78 Å². The molecule has 0 aromatic carbocycles. The van der Waals surface area contributed by atoms with Gasteiger partial charge in [0.05, 0.1) is 0 Å². The van der Waals surface area contributed by atoms with E-state index in [0.717, 1.165) is 5.69 Å². The first-order valence-corrected chi connectivity index (χ1v) is 5.21. The van der Waals surface area contributed by atoms with Crippen LogP contribution in [0, 0.1) is 0 Å². The van der Waals surface area contributed by atoms with E-state index >= 15 is 0 Å². The van der Waals surface area contributed by atoms with Crippen LogP contribution in [0.5, 0.6) is 0 Å². The Bertz CT molecular complexity index is 359. The highest BCUT2D eigenvalue weighted by Gasteiger charge is 2.15. The molecule has 80 valence electrons. The Morgan fingerprint density at radius 3 is 2.87 bits per heavy atom. The van der Waals surface area contributed by atoms with Crippen LogP contribution in [0.1, 0.15) is 36.2 Å². The Labute approximate surface area is 88.3 Å². The lowest BCUT2D eigenvalue weighted by atomic mass is 10.2. The van der Waals surface area contributed by atoms with E-state index in [1.807, 2.05) is 6.07 Å². The molecule has 0 radical (unpaired) electrons. The molecule has 0 bridgehead atoms. The van der Waals surface area contributed by atoms with Crippen molar-refractivity contribution in [3.05, 3.63) is 24.0 Å². The van der Waals surface area contributed by atoms with Crippen LogP contribution in [0.2, 0.25) is 0 Å². The molecule has 0 spiro atoms. The highest BCUT2D eigenvalue weighted by atomic mass is 16.4. The van der Waals surface area contributed by atoms with E-state index in [4.69, 9.17) is 5.11 Å². The number of anilines is 1. The fourth-order valence-electron chi connectivity index (χ4n) is 1.94. The van der Waals surface area contributed by atoms with Gasteiger partial charge in [0.15, 0.2) is 0 Å². The summed E-state index contributed by atoms with van der Waals surface area (Å²) in [6, 6.07) is 3.89. The summed E-state index contributed by atoms with van der Waals surface area (Å²) in [5.41, 5.74) is 0.951. The minimum absolute atomic E-state index is 0.0954. The molecule has 0 atom stereocenters. The molecule has 1 aliphatic rings. The first-order chi connectivity index (χ1) is 7.25. The minimum Gasteiger partial charge on any atom is -0.477 e. The molecule has 0 unspecified atom stereocenters. The van der Waals surface area contributed by atoms with E-state index < -0.39 is 5.97 Å². The largest absolute Gasteiger partial charge is 0.477 e. The Hall–Kier alpha value is -1.58. The van der Waals surface area contributed by atoms with Crippen molar-refractivity contribution in [1.29, 1.82) is 0 Å². The third-order valence-corrected chi connectivity index (χ3v) is 2.71. The summed E-state index contributed by atoms with van der Waals surface area (Å²) >= 11 is 0. The smallest absolute Gasteiger partial charge is 0.354 e. The van der Waals surface area contributed by atoms with Crippen molar-refractivity contribution in [3.8, 4) is 0 Å². The van der Waals surface area contributed by atoms with E-state index in [0.29, 0.717) is 6.04 Å². The van der Waals surface area contributed by atoms with Gasteiger partial charge in [-0.05, 0) is 25.0 Å². The number of nitrogens with one attached hydrogen (secondary N) is 1. The maximum atomic E-state index is 10.7. The molecule has 1 fully saturated rings. The molecule has 0 saturated heterocycles. The molecule has 15 heavy (non-hydrogen) atoms. The number of carboxylic acid groups (broad SMARTS) is 1. The second kappa shape index (κ2) is 4.29. The average molecular weight is 206 g/mol. The second-order valence-corrected chi connectivity index (χ2v) is 3.86. The van der Waals surface area contributed by atoms with Crippen molar-refractivity contribution in [3.63, 3.8) is 0 Å². The van der Waals surface area contributed by atoms with Crippen LogP contribution in [-0.2, 0) is 0 Å². The van der Waals surface area contributed by atoms with Crippen LogP contribution in [0.15, 0.2) is 18.3 Å². The van der Waals surface area contributed by atoms with Crippen molar-refractivity contribution < 1.29 is 9.90 Å². The molecule has 0 amide bonds. The van der Waals surface area contributed by atoms with Crippen molar-refractivity contribution in [1.82, 2.24) is 4.98 Å². The molecule has 1 saturated carbocycles. The number of pyridine rings is 1. The zero-order valence-electron chi connectivity index (χ0n) is 8.44. The number of rotatable bonds is 3. The number of carboxylic acids is 1. The lowest BCUT2D eigenvalue weighted by Gasteiger charge is -2.13. The summed E-state index contributed by atoms with van der Waals surface area (Å²) in [7, 11) is 0. The maximum Gasteiger partial charge on any atom is 0.354 e. The van der Waals surface area contributed by atoms with Gasteiger partial charge in [-0.2, -0.15) is 0 Å². The summed E-state index contributed by atoms with van der Waals surface area (Å²) in [6.07, 6.45) is 6.39. The van der Waals surface area contributed by atoms with Crippen molar-refractivity contribution in [2.24, 2.45) is 0 Å². The van der Waals surface area contributed by atoms with Gasteiger partial charge >= 0.3 is 5.97 Å². The van der Waals surface area contributed by atoms with E-state index in [9.17, 15) is 4.79 Å². The van der Waals surface area contributed by atoms with Gasteiger partial charge in [-0.3, -0.25) is 0 Å². The van der Waals surface area contributed by atoms with E-state index in [1.54, 1.807) is 6.07 Å². The Balaban J connectivity index is 2.07. The first kappa shape index (κ1) is 9.96. The number of hydrogen-bond donors (Lipinski definition) is 2. The fourth-order valence-corrected chi connectivity index (χ4v) is 1.94. The van der Waals surface area contributed by atoms with E-state index in [1.165, 1.54) is 31.9 Å². The summed E-state index contributed by atoms with van der Waals surface area (Å²) in [5, 5.41) is 12.1. The molecular weight excluding hydrogens is 192 g/mol. The van der Waals surface area contributed by atoms with Crippen LogP contribution < -0.4 is 5.32 Å².